The summed E-state index contributed by atoms with van der Waals surface area (Å²) in [4.78, 5) is 17.0. The Kier molecular flexibility index (Phi) is 4.27. The van der Waals surface area contributed by atoms with Crippen molar-refractivity contribution in [3.8, 4) is 11.6 Å². The standard InChI is InChI=1S/C14H15N3O3/c1-10-4-6-11(7-5-10)20-13-12(8-9-15-16-13)14(18)17(2)19-3/h4-9H,1-3H3. The molecule has 104 valence electrons. The lowest BCUT2D eigenvalue weighted by molar-refractivity contribution is -0.0758. The van der Waals surface area contributed by atoms with Crippen LogP contribution in [-0.2, 0) is 4.84 Å². The maximum Gasteiger partial charge on any atom is 0.282 e. The van der Waals surface area contributed by atoms with Crippen molar-refractivity contribution in [3.63, 3.8) is 0 Å². The molecule has 6 nitrogen and oxygen atoms in total. The molecule has 0 aliphatic heterocycles. The van der Waals surface area contributed by atoms with Gasteiger partial charge >= 0.3 is 0 Å². The number of carbonyl (C=O) groups is 1. The third kappa shape index (κ3) is 3.10. The van der Waals surface area contributed by atoms with Crippen molar-refractivity contribution in [1.82, 2.24) is 15.3 Å². The van der Waals surface area contributed by atoms with Crippen LogP contribution in [0.15, 0.2) is 36.5 Å². The molecule has 0 N–H and O–H groups in total. The number of ether oxygens (including phenoxy) is 1. The molecule has 2 rings (SSSR count). The van der Waals surface area contributed by atoms with E-state index in [0.29, 0.717) is 5.75 Å². The minimum absolute atomic E-state index is 0.144. The molecule has 0 unspecified atom stereocenters. The van der Waals surface area contributed by atoms with Gasteiger partial charge in [0, 0.05) is 7.05 Å². The number of hydrogen-bond donors (Lipinski definition) is 0. The lowest BCUT2D eigenvalue weighted by Crippen LogP contribution is -2.26. The van der Waals surface area contributed by atoms with Gasteiger partial charge in [0.2, 0.25) is 0 Å². The van der Waals surface area contributed by atoms with Crippen molar-refractivity contribution < 1.29 is 14.4 Å². The third-order valence-corrected chi connectivity index (χ3v) is 2.71. The van der Waals surface area contributed by atoms with E-state index >= 15 is 0 Å². The maximum atomic E-state index is 12.1. The molecule has 0 fully saturated rings. The summed E-state index contributed by atoms with van der Waals surface area (Å²) in [7, 11) is 2.92. The minimum Gasteiger partial charge on any atom is -0.437 e. The number of rotatable bonds is 4. The van der Waals surface area contributed by atoms with Crippen LogP contribution < -0.4 is 4.74 Å². The fraction of sp³-hybridized carbons (Fsp3) is 0.214. The van der Waals surface area contributed by atoms with E-state index in [-0.39, 0.29) is 17.4 Å². The van der Waals surface area contributed by atoms with Crippen molar-refractivity contribution in [2.45, 2.75) is 6.92 Å². The minimum atomic E-state index is -0.357. The quantitative estimate of drug-likeness (QED) is 0.799. The first kappa shape index (κ1) is 14.0. The first-order chi connectivity index (χ1) is 9.61. The monoisotopic (exact) mass is 273 g/mol. The normalized spacial score (nSPS) is 10.2. The van der Waals surface area contributed by atoms with Gasteiger partial charge in [0.1, 0.15) is 11.3 Å². The van der Waals surface area contributed by atoms with Crippen LogP contribution in [-0.4, -0.2) is 35.3 Å². The fourth-order valence-corrected chi connectivity index (χ4v) is 1.53. The largest absolute Gasteiger partial charge is 0.437 e. The van der Waals surface area contributed by atoms with Crippen LogP contribution in [0.2, 0.25) is 0 Å². The summed E-state index contributed by atoms with van der Waals surface area (Å²) in [5.74, 6) is 0.375. The number of aryl methyl sites for hydroxylation is 1. The van der Waals surface area contributed by atoms with Crippen molar-refractivity contribution in [1.29, 1.82) is 0 Å². The number of amides is 1. The molecular formula is C14H15N3O3. The molecule has 0 atom stereocenters. The Morgan fingerprint density at radius 1 is 1.20 bits per heavy atom. The zero-order valence-electron chi connectivity index (χ0n) is 11.5. The highest BCUT2D eigenvalue weighted by atomic mass is 16.7. The molecule has 2 aromatic rings. The Hall–Kier alpha value is -2.47. The van der Waals surface area contributed by atoms with E-state index in [0.717, 1.165) is 10.6 Å². The Balaban J connectivity index is 2.28. The lowest BCUT2D eigenvalue weighted by Gasteiger charge is -2.15. The van der Waals surface area contributed by atoms with Crippen LogP contribution in [0.5, 0.6) is 11.6 Å². The summed E-state index contributed by atoms with van der Waals surface area (Å²) >= 11 is 0. The predicted octanol–water partition coefficient (Wildman–Crippen LogP) is 2.21. The fourth-order valence-electron chi connectivity index (χ4n) is 1.53. The molecule has 0 saturated heterocycles. The van der Waals surface area contributed by atoms with Crippen LogP contribution in [0.3, 0.4) is 0 Å². The molecule has 0 spiro atoms. The van der Waals surface area contributed by atoms with E-state index in [4.69, 9.17) is 9.57 Å². The molecule has 0 aliphatic carbocycles. The number of aromatic nitrogens is 2. The second-order valence-corrected chi connectivity index (χ2v) is 4.15. The van der Waals surface area contributed by atoms with Gasteiger partial charge in [-0.05, 0) is 25.1 Å². The molecule has 1 heterocycles. The van der Waals surface area contributed by atoms with E-state index in [1.165, 1.54) is 26.4 Å². The average Bonchev–Trinajstić information content (AvgIpc) is 2.48. The van der Waals surface area contributed by atoms with Crippen LogP contribution in [0, 0.1) is 6.92 Å². The molecule has 0 saturated carbocycles. The number of carbonyl (C=O) groups excluding carboxylic acids is 1. The molecule has 1 aromatic heterocycles. The van der Waals surface area contributed by atoms with E-state index in [1.807, 2.05) is 19.1 Å². The second-order valence-electron chi connectivity index (χ2n) is 4.15. The van der Waals surface area contributed by atoms with Gasteiger partial charge in [-0.1, -0.05) is 17.7 Å². The highest BCUT2D eigenvalue weighted by Crippen LogP contribution is 2.23. The molecule has 1 aromatic carbocycles. The van der Waals surface area contributed by atoms with Gasteiger partial charge in [-0.2, -0.15) is 5.10 Å². The van der Waals surface area contributed by atoms with Gasteiger partial charge in [-0.25, -0.2) is 5.06 Å². The van der Waals surface area contributed by atoms with E-state index in [2.05, 4.69) is 10.2 Å². The van der Waals surface area contributed by atoms with Crippen LogP contribution in [0.1, 0.15) is 15.9 Å². The van der Waals surface area contributed by atoms with Crippen molar-refractivity contribution in [3.05, 3.63) is 47.7 Å². The molecule has 0 bridgehead atoms. The first-order valence-electron chi connectivity index (χ1n) is 6.00. The van der Waals surface area contributed by atoms with Gasteiger partial charge in [-0.3, -0.25) is 9.63 Å². The molecule has 6 heteroatoms. The van der Waals surface area contributed by atoms with Gasteiger partial charge in [0.15, 0.2) is 0 Å². The van der Waals surface area contributed by atoms with Gasteiger partial charge in [-0.15, -0.1) is 5.10 Å². The predicted molar refractivity (Wildman–Crippen MR) is 72.4 cm³/mol. The smallest absolute Gasteiger partial charge is 0.282 e. The Morgan fingerprint density at radius 3 is 2.55 bits per heavy atom. The highest BCUT2D eigenvalue weighted by molar-refractivity contribution is 5.95. The third-order valence-electron chi connectivity index (χ3n) is 2.71. The van der Waals surface area contributed by atoms with E-state index in [1.54, 1.807) is 12.1 Å². The average molecular weight is 273 g/mol. The van der Waals surface area contributed by atoms with Crippen LogP contribution >= 0.6 is 0 Å². The van der Waals surface area contributed by atoms with Gasteiger partial charge < -0.3 is 4.74 Å². The summed E-state index contributed by atoms with van der Waals surface area (Å²) in [5, 5.41) is 8.70. The lowest BCUT2D eigenvalue weighted by atomic mass is 10.2. The van der Waals surface area contributed by atoms with Crippen LogP contribution in [0.25, 0.3) is 0 Å². The molecule has 0 radical (unpaired) electrons. The summed E-state index contributed by atoms with van der Waals surface area (Å²) in [6.07, 6.45) is 1.43. The molecule has 0 aliphatic rings. The zero-order chi connectivity index (χ0) is 14.5. The Bertz CT molecular complexity index is 599. The summed E-state index contributed by atoms with van der Waals surface area (Å²) in [5.41, 5.74) is 1.40. The second kappa shape index (κ2) is 6.12. The molecule has 20 heavy (non-hydrogen) atoms. The molecular weight excluding hydrogens is 258 g/mol. The SMILES string of the molecule is CON(C)C(=O)c1ccnnc1Oc1ccc(C)cc1. The highest BCUT2D eigenvalue weighted by Gasteiger charge is 2.18. The van der Waals surface area contributed by atoms with Gasteiger partial charge in [0.05, 0.1) is 13.3 Å². The zero-order valence-corrected chi connectivity index (χ0v) is 11.5. The van der Waals surface area contributed by atoms with Crippen molar-refractivity contribution in [2.75, 3.05) is 14.2 Å². The topological polar surface area (TPSA) is 64.5 Å². The van der Waals surface area contributed by atoms with Crippen LogP contribution in [0.4, 0.5) is 0 Å². The number of nitrogens with zero attached hydrogens (tertiary/aromatic N) is 3. The Labute approximate surface area is 116 Å². The van der Waals surface area contributed by atoms with Gasteiger partial charge in [0.25, 0.3) is 11.8 Å². The summed E-state index contributed by atoms with van der Waals surface area (Å²) < 4.78 is 5.60. The number of hydroxylamine groups is 2. The summed E-state index contributed by atoms with van der Waals surface area (Å²) in [6.45, 7) is 1.98. The van der Waals surface area contributed by atoms with E-state index < -0.39 is 0 Å². The first-order valence-corrected chi connectivity index (χ1v) is 6.00. The van der Waals surface area contributed by atoms with Crippen molar-refractivity contribution >= 4 is 5.91 Å². The number of hydrogen-bond acceptors (Lipinski definition) is 5. The Morgan fingerprint density at radius 2 is 1.90 bits per heavy atom. The maximum absolute atomic E-state index is 12.1. The van der Waals surface area contributed by atoms with Crippen molar-refractivity contribution in [2.24, 2.45) is 0 Å². The van der Waals surface area contributed by atoms with E-state index in [9.17, 15) is 4.79 Å². The molecule has 1 amide bonds. The number of benzene rings is 1. The summed E-state index contributed by atoms with van der Waals surface area (Å²) in [6, 6.07) is 8.97.